The number of aryl methyl sites for hydroxylation is 2. The molecule has 0 bridgehead atoms. The molecule has 3 rings (SSSR count). The van der Waals surface area contributed by atoms with Crippen molar-refractivity contribution in [3.63, 3.8) is 0 Å². The van der Waals surface area contributed by atoms with Gasteiger partial charge in [0.15, 0.2) is 0 Å². The number of benzene rings is 2. The number of halogens is 2. The average molecular weight is 301 g/mol. The van der Waals surface area contributed by atoms with E-state index in [0.717, 1.165) is 28.1 Å². The minimum atomic E-state index is -0.411. The van der Waals surface area contributed by atoms with E-state index in [0.29, 0.717) is 0 Å². The summed E-state index contributed by atoms with van der Waals surface area (Å²) < 4.78 is 15.5. The Morgan fingerprint density at radius 3 is 2.38 bits per heavy atom. The van der Waals surface area contributed by atoms with Crippen LogP contribution in [-0.4, -0.2) is 9.78 Å². The first kappa shape index (κ1) is 13.8. The number of nitrogens with zero attached hydrogens (tertiary/aromatic N) is 2. The highest BCUT2D eigenvalue weighted by Gasteiger charge is 2.08. The Bertz CT molecular complexity index is 808. The molecule has 0 unspecified atom stereocenters. The SMILES string of the molecule is Cc1ccn(-c2cc(-c3ccc(Cl)c(F)c3)ccc2C)n1. The van der Waals surface area contributed by atoms with Gasteiger partial charge in [0.25, 0.3) is 0 Å². The van der Waals surface area contributed by atoms with Gasteiger partial charge in [-0.1, -0.05) is 29.8 Å². The molecule has 4 heteroatoms. The van der Waals surface area contributed by atoms with E-state index in [9.17, 15) is 4.39 Å². The van der Waals surface area contributed by atoms with Gasteiger partial charge >= 0.3 is 0 Å². The Morgan fingerprint density at radius 2 is 1.71 bits per heavy atom. The molecule has 2 aromatic carbocycles. The van der Waals surface area contributed by atoms with Crippen molar-refractivity contribution in [2.24, 2.45) is 0 Å². The Morgan fingerprint density at radius 1 is 1.00 bits per heavy atom. The van der Waals surface area contributed by atoms with Crippen LogP contribution in [0.5, 0.6) is 0 Å². The van der Waals surface area contributed by atoms with Gasteiger partial charge in [-0.25, -0.2) is 9.07 Å². The summed E-state index contributed by atoms with van der Waals surface area (Å²) in [5.41, 5.74) is 4.77. The van der Waals surface area contributed by atoms with E-state index in [-0.39, 0.29) is 5.02 Å². The van der Waals surface area contributed by atoms with Crippen molar-refractivity contribution in [1.29, 1.82) is 0 Å². The van der Waals surface area contributed by atoms with Gasteiger partial charge in [0, 0.05) is 6.20 Å². The third kappa shape index (κ3) is 2.69. The second kappa shape index (κ2) is 5.34. The van der Waals surface area contributed by atoms with Gasteiger partial charge in [0.1, 0.15) is 5.82 Å². The zero-order valence-corrected chi connectivity index (χ0v) is 12.5. The van der Waals surface area contributed by atoms with E-state index in [4.69, 9.17) is 11.6 Å². The van der Waals surface area contributed by atoms with Gasteiger partial charge < -0.3 is 0 Å². The molecule has 106 valence electrons. The molecule has 0 aliphatic carbocycles. The largest absolute Gasteiger partial charge is 0.240 e. The third-order valence-corrected chi connectivity index (χ3v) is 3.74. The maximum atomic E-state index is 13.6. The molecule has 0 aliphatic rings. The topological polar surface area (TPSA) is 17.8 Å². The summed E-state index contributed by atoms with van der Waals surface area (Å²) >= 11 is 5.73. The standard InChI is InChI=1S/C17H14ClFN2/c1-11-3-4-14(13-5-6-15(18)16(19)9-13)10-17(11)21-8-7-12(2)20-21/h3-10H,1-2H3. The second-order valence-electron chi connectivity index (χ2n) is 5.03. The highest BCUT2D eigenvalue weighted by Crippen LogP contribution is 2.27. The highest BCUT2D eigenvalue weighted by atomic mass is 35.5. The van der Waals surface area contributed by atoms with Crippen LogP contribution in [0.25, 0.3) is 16.8 Å². The second-order valence-corrected chi connectivity index (χ2v) is 5.44. The maximum Gasteiger partial charge on any atom is 0.142 e. The molecule has 21 heavy (non-hydrogen) atoms. The fourth-order valence-electron chi connectivity index (χ4n) is 2.26. The summed E-state index contributed by atoms with van der Waals surface area (Å²) in [5.74, 6) is -0.411. The van der Waals surface area contributed by atoms with Crippen molar-refractivity contribution >= 4 is 11.6 Å². The number of rotatable bonds is 2. The molecule has 2 nitrogen and oxygen atoms in total. The molecule has 0 fully saturated rings. The van der Waals surface area contributed by atoms with Crippen LogP contribution < -0.4 is 0 Å². The molecule has 0 spiro atoms. The summed E-state index contributed by atoms with van der Waals surface area (Å²) in [5, 5.41) is 4.56. The van der Waals surface area contributed by atoms with Crippen LogP contribution in [0.4, 0.5) is 4.39 Å². The van der Waals surface area contributed by atoms with E-state index in [1.165, 1.54) is 6.07 Å². The van der Waals surface area contributed by atoms with Gasteiger partial charge in [-0.3, -0.25) is 0 Å². The maximum absolute atomic E-state index is 13.6. The van der Waals surface area contributed by atoms with Gasteiger partial charge in [0.2, 0.25) is 0 Å². The summed E-state index contributed by atoms with van der Waals surface area (Å²) in [6, 6.07) is 12.8. The zero-order chi connectivity index (χ0) is 15.0. The van der Waals surface area contributed by atoms with Crippen LogP contribution in [0.2, 0.25) is 5.02 Å². The van der Waals surface area contributed by atoms with Crippen LogP contribution in [0, 0.1) is 19.7 Å². The molecule has 0 N–H and O–H groups in total. The fraction of sp³-hybridized carbons (Fsp3) is 0.118. The summed E-state index contributed by atoms with van der Waals surface area (Å²) in [6.07, 6.45) is 1.92. The third-order valence-electron chi connectivity index (χ3n) is 3.43. The van der Waals surface area contributed by atoms with E-state index >= 15 is 0 Å². The van der Waals surface area contributed by atoms with Gasteiger partial charge in [-0.05, 0) is 54.8 Å². The molecular formula is C17H14ClFN2. The first-order chi connectivity index (χ1) is 10.0. The first-order valence-electron chi connectivity index (χ1n) is 6.63. The molecular weight excluding hydrogens is 287 g/mol. The van der Waals surface area contributed by atoms with Crippen molar-refractivity contribution < 1.29 is 4.39 Å². The Balaban J connectivity index is 2.10. The molecule has 0 amide bonds. The highest BCUT2D eigenvalue weighted by molar-refractivity contribution is 6.30. The molecule has 3 aromatic rings. The predicted octanol–water partition coefficient (Wildman–Crippen LogP) is 4.95. The minimum Gasteiger partial charge on any atom is -0.240 e. The van der Waals surface area contributed by atoms with E-state index < -0.39 is 5.82 Å². The molecule has 1 aromatic heterocycles. The Hall–Kier alpha value is -2.13. The van der Waals surface area contributed by atoms with Crippen LogP contribution in [0.1, 0.15) is 11.3 Å². The lowest BCUT2D eigenvalue weighted by Gasteiger charge is -2.10. The van der Waals surface area contributed by atoms with Crippen molar-refractivity contribution in [3.8, 4) is 16.8 Å². The van der Waals surface area contributed by atoms with Crippen LogP contribution in [0.15, 0.2) is 48.7 Å². The quantitative estimate of drug-likeness (QED) is 0.655. The lowest BCUT2D eigenvalue weighted by Crippen LogP contribution is -1.98. The van der Waals surface area contributed by atoms with E-state index in [1.807, 2.05) is 55.1 Å². The zero-order valence-electron chi connectivity index (χ0n) is 11.8. The summed E-state index contributed by atoms with van der Waals surface area (Å²) in [7, 11) is 0. The first-order valence-corrected chi connectivity index (χ1v) is 7.01. The smallest absolute Gasteiger partial charge is 0.142 e. The van der Waals surface area contributed by atoms with Gasteiger partial charge in [0.05, 0.1) is 16.4 Å². The lowest BCUT2D eigenvalue weighted by molar-refractivity contribution is 0.629. The Labute approximate surface area is 127 Å². The van der Waals surface area contributed by atoms with Crippen molar-refractivity contribution in [3.05, 3.63) is 70.8 Å². The fourth-order valence-corrected chi connectivity index (χ4v) is 2.38. The molecule has 0 atom stereocenters. The van der Waals surface area contributed by atoms with Crippen molar-refractivity contribution in [1.82, 2.24) is 9.78 Å². The Kier molecular flexibility index (Phi) is 3.52. The summed E-state index contributed by atoms with van der Waals surface area (Å²) in [4.78, 5) is 0. The number of hydrogen-bond acceptors (Lipinski definition) is 1. The molecule has 0 radical (unpaired) electrons. The van der Waals surface area contributed by atoms with E-state index in [1.54, 1.807) is 6.07 Å². The molecule has 1 heterocycles. The van der Waals surface area contributed by atoms with Crippen molar-refractivity contribution in [2.75, 3.05) is 0 Å². The number of hydrogen-bond donors (Lipinski definition) is 0. The number of aromatic nitrogens is 2. The molecule has 0 aliphatic heterocycles. The minimum absolute atomic E-state index is 0.133. The van der Waals surface area contributed by atoms with Crippen LogP contribution in [-0.2, 0) is 0 Å². The lowest BCUT2D eigenvalue weighted by atomic mass is 10.0. The van der Waals surface area contributed by atoms with Crippen molar-refractivity contribution in [2.45, 2.75) is 13.8 Å². The summed E-state index contributed by atoms with van der Waals surface area (Å²) in [6.45, 7) is 3.98. The predicted molar refractivity (Wildman–Crippen MR) is 83.4 cm³/mol. The monoisotopic (exact) mass is 300 g/mol. The molecule has 0 saturated heterocycles. The average Bonchev–Trinajstić information content (AvgIpc) is 2.89. The molecule has 0 saturated carbocycles. The van der Waals surface area contributed by atoms with Crippen LogP contribution >= 0.6 is 11.6 Å². The normalized spacial score (nSPS) is 10.9. The van der Waals surface area contributed by atoms with Gasteiger partial charge in [-0.2, -0.15) is 5.10 Å². The van der Waals surface area contributed by atoms with Gasteiger partial charge in [-0.15, -0.1) is 0 Å². The van der Waals surface area contributed by atoms with E-state index in [2.05, 4.69) is 5.10 Å². The van der Waals surface area contributed by atoms with Crippen LogP contribution in [0.3, 0.4) is 0 Å².